The summed E-state index contributed by atoms with van der Waals surface area (Å²) in [5.41, 5.74) is 5.16. The maximum atomic E-state index is 13.1. The maximum absolute atomic E-state index is 13.1. The third-order valence-corrected chi connectivity index (χ3v) is 7.23. The number of thiophene rings is 1. The van der Waals surface area contributed by atoms with Crippen LogP contribution in [0.4, 0.5) is 0 Å². The monoisotopic (exact) mass is 435 g/mol. The number of aromatic nitrogens is 1. The van der Waals surface area contributed by atoms with Gasteiger partial charge < -0.3 is 9.88 Å². The molecule has 3 aromatic rings. The van der Waals surface area contributed by atoms with Crippen LogP contribution in [0.1, 0.15) is 27.2 Å². The molecule has 0 aliphatic carbocycles. The molecule has 28 heavy (non-hydrogen) atoms. The largest absolute Gasteiger partial charge is 0.358 e. The van der Waals surface area contributed by atoms with Gasteiger partial charge in [-0.2, -0.15) is 0 Å². The highest BCUT2D eigenvalue weighted by Crippen LogP contribution is 2.31. The maximum Gasteiger partial charge on any atom is 0.256 e. The lowest BCUT2D eigenvalue weighted by Gasteiger charge is -2.34. The number of aromatic amines is 1. The normalized spacial score (nSPS) is 15.5. The number of para-hydroxylation sites is 1. The van der Waals surface area contributed by atoms with Crippen LogP contribution in [0.3, 0.4) is 0 Å². The summed E-state index contributed by atoms with van der Waals surface area (Å²) in [6.45, 7) is 8.31. The Morgan fingerprint density at radius 3 is 2.61 bits per heavy atom. The van der Waals surface area contributed by atoms with Crippen molar-refractivity contribution in [1.82, 2.24) is 14.8 Å². The van der Waals surface area contributed by atoms with E-state index in [9.17, 15) is 4.79 Å². The van der Waals surface area contributed by atoms with E-state index in [1.807, 2.05) is 23.1 Å². The molecule has 1 saturated heterocycles. The van der Waals surface area contributed by atoms with Gasteiger partial charge in [0.2, 0.25) is 0 Å². The average molecular weight is 436 g/mol. The predicted octanol–water partition coefficient (Wildman–Crippen LogP) is 5.15. The average Bonchev–Trinajstić information content (AvgIpc) is 3.17. The van der Waals surface area contributed by atoms with Crippen LogP contribution in [-0.2, 0) is 6.42 Å². The number of nitrogens with zero attached hydrogens (tertiary/aromatic N) is 2. The summed E-state index contributed by atoms with van der Waals surface area (Å²) in [5, 5.41) is 1.13. The van der Waals surface area contributed by atoms with E-state index >= 15 is 0 Å². The Bertz CT molecular complexity index is 1020. The highest BCUT2D eigenvalue weighted by molar-refractivity contribution is 7.20. The van der Waals surface area contributed by atoms with Crippen molar-refractivity contribution >= 4 is 51.3 Å². The minimum atomic E-state index is 0.110. The lowest BCUT2D eigenvalue weighted by molar-refractivity contribution is 0.0640. The van der Waals surface area contributed by atoms with Gasteiger partial charge in [-0.15, -0.1) is 11.3 Å². The fourth-order valence-electron chi connectivity index (χ4n) is 3.83. The Balaban J connectivity index is 1.39. The molecule has 3 heterocycles. The summed E-state index contributed by atoms with van der Waals surface area (Å²) in [4.78, 5) is 20.9. The van der Waals surface area contributed by atoms with Crippen molar-refractivity contribution < 1.29 is 4.79 Å². The number of H-pyrrole nitrogens is 1. The second kappa shape index (κ2) is 8.07. The van der Waals surface area contributed by atoms with Crippen molar-refractivity contribution in [3.63, 3.8) is 0 Å². The Labute approximate surface area is 179 Å². The van der Waals surface area contributed by atoms with Crippen LogP contribution in [0.25, 0.3) is 10.9 Å². The molecule has 0 unspecified atom stereocenters. The molecule has 4 rings (SSSR count). The Hall–Kier alpha value is -1.53. The van der Waals surface area contributed by atoms with Crippen LogP contribution in [-0.4, -0.2) is 53.4 Å². The van der Waals surface area contributed by atoms with E-state index in [0.717, 1.165) is 75.5 Å². The molecule has 1 aromatic carbocycles. The molecule has 0 bridgehead atoms. The molecular weight excluding hydrogens is 413 g/mol. The molecule has 0 saturated carbocycles. The summed E-state index contributed by atoms with van der Waals surface area (Å²) >= 11 is 13.7. The zero-order chi connectivity index (χ0) is 19.8. The van der Waals surface area contributed by atoms with Gasteiger partial charge in [0, 0.05) is 43.8 Å². The molecule has 0 spiro atoms. The summed E-state index contributed by atoms with van der Waals surface area (Å²) in [6.07, 6.45) is 0.885. The number of amides is 1. The number of hydrogen-bond acceptors (Lipinski definition) is 3. The van der Waals surface area contributed by atoms with Crippen LogP contribution in [0, 0.1) is 13.8 Å². The van der Waals surface area contributed by atoms with E-state index in [1.165, 1.54) is 16.9 Å². The zero-order valence-corrected chi connectivity index (χ0v) is 18.3. The van der Waals surface area contributed by atoms with Crippen LogP contribution in [0.15, 0.2) is 24.3 Å². The van der Waals surface area contributed by atoms with E-state index in [4.69, 9.17) is 23.2 Å². The summed E-state index contributed by atoms with van der Waals surface area (Å²) < 4.78 is 1.52. The Morgan fingerprint density at radius 1 is 1.18 bits per heavy atom. The van der Waals surface area contributed by atoms with Crippen LogP contribution >= 0.6 is 34.5 Å². The van der Waals surface area contributed by atoms with Gasteiger partial charge in [-0.3, -0.25) is 9.69 Å². The van der Waals surface area contributed by atoms with Gasteiger partial charge in [0.25, 0.3) is 5.91 Å². The second-order valence-corrected chi connectivity index (χ2v) is 9.62. The number of rotatable bonds is 4. The minimum absolute atomic E-state index is 0.110. The lowest BCUT2D eigenvalue weighted by Crippen LogP contribution is -2.49. The van der Waals surface area contributed by atoms with E-state index in [1.54, 1.807) is 0 Å². The van der Waals surface area contributed by atoms with Crippen LogP contribution in [0.5, 0.6) is 0 Å². The molecule has 4 nitrogen and oxygen atoms in total. The number of piperazine rings is 1. The SMILES string of the molecule is Cc1[nH]c2c(C(=O)N3CCN(CCc4cc(Cl)sc4Cl)CC3)cccc2c1C. The molecule has 1 N–H and O–H groups in total. The van der Waals surface area contributed by atoms with Crippen molar-refractivity contribution in [3.05, 3.63) is 55.3 Å². The number of fused-ring (bicyclic) bond motifs is 1. The first kappa shape index (κ1) is 19.8. The third kappa shape index (κ3) is 3.81. The first-order chi connectivity index (χ1) is 13.4. The van der Waals surface area contributed by atoms with Crippen LogP contribution in [0.2, 0.25) is 8.67 Å². The highest BCUT2D eigenvalue weighted by Gasteiger charge is 2.24. The van der Waals surface area contributed by atoms with Crippen LogP contribution < -0.4 is 0 Å². The molecule has 7 heteroatoms. The van der Waals surface area contributed by atoms with Crippen molar-refractivity contribution in [3.8, 4) is 0 Å². The van der Waals surface area contributed by atoms with Crippen molar-refractivity contribution in [2.75, 3.05) is 32.7 Å². The standard InChI is InChI=1S/C21H23Cl2N3OS/c1-13-14(2)24-19-16(13)4-3-5-17(19)21(27)26-10-8-25(9-11-26)7-6-15-12-18(22)28-20(15)23/h3-5,12,24H,6-11H2,1-2H3. The van der Waals surface area contributed by atoms with Crippen molar-refractivity contribution in [2.24, 2.45) is 0 Å². The lowest BCUT2D eigenvalue weighted by atomic mass is 10.1. The van der Waals surface area contributed by atoms with Crippen molar-refractivity contribution in [2.45, 2.75) is 20.3 Å². The van der Waals surface area contributed by atoms with Gasteiger partial charge >= 0.3 is 0 Å². The molecule has 148 valence electrons. The second-order valence-electron chi connectivity index (χ2n) is 7.34. The number of carbonyl (C=O) groups is 1. The van der Waals surface area contributed by atoms with Gasteiger partial charge in [-0.1, -0.05) is 35.3 Å². The predicted molar refractivity (Wildman–Crippen MR) is 118 cm³/mol. The Morgan fingerprint density at radius 2 is 1.93 bits per heavy atom. The summed E-state index contributed by atoms with van der Waals surface area (Å²) in [5.74, 6) is 0.110. The Kier molecular flexibility index (Phi) is 5.70. The molecule has 1 aliphatic heterocycles. The number of nitrogens with one attached hydrogen (secondary N) is 1. The fourth-order valence-corrected chi connectivity index (χ4v) is 5.37. The first-order valence-corrected chi connectivity index (χ1v) is 11.0. The summed E-state index contributed by atoms with van der Waals surface area (Å²) in [6, 6.07) is 7.93. The molecule has 1 amide bonds. The van der Waals surface area contributed by atoms with E-state index < -0.39 is 0 Å². The van der Waals surface area contributed by atoms with E-state index in [2.05, 4.69) is 29.8 Å². The number of hydrogen-bond donors (Lipinski definition) is 1. The third-order valence-electron chi connectivity index (χ3n) is 5.66. The molecule has 2 aromatic heterocycles. The van der Waals surface area contributed by atoms with E-state index in [0.29, 0.717) is 0 Å². The van der Waals surface area contributed by atoms with Gasteiger partial charge in [0.1, 0.15) is 0 Å². The minimum Gasteiger partial charge on any atom is -0.358 e. The molecule has 0 atom stereocenters. The van der Waals surface area contributed by atoms with Gasteiger partial charge in [0.05, 0.1) is 19.8 Å². The van der Waals surface area contributed by atoms with Gasteiger partial charge in [0.15, 0.2) is 0 Å². The zero-order valence-electron chi connectivity index (χ0n) is 16.0. The summed E-state index contributed by atoms with van der Waals surface area (Å²) in [7, 11) is 0. The highest BCUT2D eigenvalue weighted by atomic mass is 35.5. The number of halogens is 2. The smallest absolute Gasteiger partial charge is 0.256 e. The van der Waals surface area contributed by atoms with E-state index in [-0.39, 0.29) is 5.91 Å². The van der Waals surface area contributed by atoms with Gasteiger partial charge in [-0.05, 0) is 43.5 Å². The van der Waals surface area contributed by atoms with Gasteiger partial charge in [-0.25, -0.2) is 0 Å². The molecule has 1 aliphatic rings. The number of benzene rings is 1. The molecule has 1 fully saturated rings. The number of carbonyl (C=O) groups excluding carboxylic acids is 1. The number of aryl methyl sites for hydroxylation is 2. The quantitative estimate of drug-likeness (QED) is 0.614. The first-order valence-electron chi connectivity index (χ1n) is 9.47. The fraction of sp³-hybridized carbons (Fsp3) is 0.381. The topological polar surface area (TPSA) is 39.3 Å². The molecular formula is C21H23Cl2N3OS. The van der Waals surface area contributed by atoms with Crippen molar-refractivity contribution in [1.29, 1.82) is 0 Å². The molecule has 0 radical (unpaired) electrons.